The SMILES string of the molecule is CCC(Sc1nc2ccccc2n1Cc1csc2cccc(C)c12)C(=O)[O-]. The van der Waals surface area contributed by atoms with Gasteiger partial charge >= 0.3 is 0 Å². The largest absolute Gasteiger partial charge is 0.549 e. The van der Waals surface area contributed by atoms with Gasteiger partial charge in [-0.25, -0.2) is 4.98 Å². The molecule has 2 heterocycles. The van der Waals surface area contributed by atoms with Crippen LogP contribution in [-0.2, 0) is 11.3 Å². The monoisotopic (exact) mass is 395 g/mol. The van der Waals surface area contributed by atoms with Crippen LogP contribution < -0.4 is 5.11 Å². The number of thioether (sulfide) groups is 1. The zero-order valence-corrected chi connectivity index (χ0v) is 16.8. The third-order valence-corrected chi connectivity index (χ3v) is 7.04. The Bertz CT molecular complexity index is 1130. The summed E-state index contributed by atoms with van der Waals surface area (Å²) in [4.78, 5) is 16.1. The quantitative estimate of drug-likeness (QED) is 0.459. The van der Waals surface area contributed by atoms with Crippen LogP contribution in [0.4, 0.5) is 0 Å². The Labute approximate surface area is 165 Å². The number of hydrogen-bond donors (Lipinski definition) is 0. The van der Waals surface area contributed by atoms with E-state index in [1.807, 2.05) is 31.2 Å². The molecule has 4 nitrogen and oxygen atoms in total. The van der Waals surface area contributed by atoms with Crippen LogP contribution in [0.25, 0.3) is 21.1 Å². The van der Waals surface area contributed by atoms with Crippen LogP contribution in [0, 0.1) is 6.92 Å². The van der Waals surface area contributed by atoms with Gasteiger partial charge in [-0.05, 0) is 48.1 Å². The summed E-state index contributed by atoms with van der Waals surface area (Å²) in [5.41, 5.74) is 4.38. The Hall–Kier alpha value is -2.31. The van der Waals surface area contributed by atoms with E-state index in [-0.39, 0.29) is 0 Å². The standard InChI is InChI=1S/C21H20N2O2S2/c1-3-17(20(24)25)27-21-22-15-8-4-5-9-16(15)23(21)11-14-12-26-18-10-6-7-13(2)19(14)18/h4-10,12,17H,3,11H2,1-2H3,(H,24,25)/p-1. The predicted molar refractivity (Wildman–Crippen MR) is 110 cm³/mol. The molecule has 0 amide bonds. The molecule has 0 saturated carbocycles. The molecule has 0 aliphatic carbocycles. The molecule has 0 aliphatic rings. The first-order chi connectivity index (χ1) is 13.1. The Morgan fingerprint density at radius 1 is 1.26 bits per heavy atom. The van der Waals surface area contributed by atoms with Crippen molar-refractivity contribution in [1.29, 1.82) is 0 Å². The van der Waals surface area contributed by atoms with Gasteiger partial charge in [0.15, 0.2) is 5.16 Å². The zero-order chi connectivity index (χ0) is 19.0. The van der Waals surface area contributed by atoms with Gasteiger partial charge in [0.25, 0.3) is 0 Å². The van der Waals surface area contributed by atoms with E-state index in [1.165, 1.54) is 33.0 Å². The van der Waals surface area contributed by atoms with Crippen molar-refractivity contribution in [2.75, 3.05) is 0 Å². The molecule has 0 fully saturated rings. The fourth-order valence-electron chi connectivity index (χ4n) is 3.35. The molecule has 6 heteroatoms. The number of fused-ring (bicyclic) bond motifs is 2. The highest BCUT2D eigenvalue weighted by atomic mass is 32.2. The van der Waals surface area contributed by atoms with Crippen LogP contribution in [0.5, 0.6) is 0 Å². The fourth-order valence-corrected chi connectivity index (χ4v) is 5.34. The summed E-state index contributed by atoms with van der Waals surface area (Å²) in [6, 6.07) is 14.3. The number of rotatable bonds is 6. The first kappa shape index (κ1) is 18.1. The molecular formula is C21H19N2O2S2-. The fraction of sp³-hybridized carbons (Fsp3) is 0.238. The Kier molecular flexibility index (Phi) is 4.93. The van der Waals surface area contributed by atoms with Crippen LogP contribution in [0.15, 0.2) is 53.0 Å². The Morgan fingerprint density at radius 2 is 2.07 bits per heavy atom. The maximum atomic E-state index is 11.4. The summed E-state index contributed by atoms with van der Waals surface area (Å²) in [6.45, 7) is 4.65. The minimum absolute atomic E-state index is 0.497. The van der Waals surface area contributed by atoms with Crippen molar-refractivity contribution in [2.45, 2.75) is 37.2 Å². The number of benzene rings is 2. The molecule has 1 unspecified atom stereocenters. The lowest BCUT2D eigenvalue weighted by atomic mass is 10.1. The van der Waals surface area contributed by atoms with Gasteiger partial charge < -0.3 is 14.5 Å². The van der Waals surface area contributed by atoms with Crippen molar-refractivity contribution in [3.8, 4) is 0 Å². The minimum Gasteiger partial charge on any atom is -0.549 e. The topological polar surface area (TPSA) is 58.0 Å². The molecule has 4 rings (SSSR count). The second-order valence-corrected chi connectivity index (χ2v) is 8.59. The van der Waals surface area contributed by atoms with Crippen molar-refractivity contribution in [2.24, 2.45) is 0 Å². The number of aryl methyl sites for hydroxylation is 1. The van der Waals surface area contributed by atoms with Gasteiger partial charge in [-0.3, -0.25) is 0 Å². The van der Waals surface area contributed by atoms with Crippen molar-refractivity contribution in [1.82, 2.24) is 9.55 Å². The average Bonchev–Trinajstić information content (AvgIpc) is 3.22. The first-order valence-electron chi connectivity index (χ1n) is 8.87. The van der Waals surface area contributed by atoms with Crippen molar-refractivity contribution >= 4 is 50.2 Å². The summed E-state index contributed by atoms with van der Waals surface area (Å²) in [6.07, 6.45) is 0.497. The summed E-state index contributed by atoms with van der Waals surface area (Å²) in [5.74, 6) is -1.04. The minimum atomic E-state index is -1.04. The molecule has 0 radical (unpaired) electrons. The molecule has 0 bridgehead atoms. The van der Waals surface area contributed by atoms with Crippen LogP contribution in [0.1, 0.15) is 24.5 Å². The molecule has 27 heavy (non-hydrogen) atoms. The van der Waals surface area contributed by atoms with E-state index < -0.39 is 11.2 Å². The summed E-state index contributed by atoms with van der Waals surface area (Å²) >= 11 is 3.01. The molecule has 0 saturated heterocycles. The summed E-state index contributed by atoms with van der Waals surface area (Å²) < 4.78 is 3.39. The summed E-state index contributed by atoms with van der Waals surface area (Å²) in [7, 11) is 0. The van der Waals surface area contributed by atoms with Gasteiger partial charge in [-0.2, -0.15) is 0 Å². The van der Waals surface area contributed by atoms with E-state index in [9.17, 15) is 9.90 Å². The zero-order valence-electron chi connectivity index (χ0n) is 15.1. The van der Waals surface area contributed by atoms with Gasteiger partial charge in [0.05, 0.1) is 28.8 Å². The normalized spacial score (nSPS) is 12.7. The number of carboxylic acids is 1. The lowest BCUT2D eigenvalue weighted by molar-refractivity contribution is -0.304. The molecule has 2 aromatic carbocycles. The molecule has 2 aromatic heterocycles. The second kappa shape index (κ2) is 7.37. The summed E-state index contributed by atoms with van der Waals surface area (Å²) in [5, 5.41) is 15.0. The molecular weight excluding hydrogens is 376 g/mol. The van der Waals surface area contributed by atoms with E-state index in [0.29, 0.717) is 13.0 Å². The number of carboxylic acid groups (broad SMARTS) is 1. The van der Waals surface area contributed by atoms with Gasteiger partial charge in [0.1, 0.15) is 0 Å². The maximum Gasteiger partial charge on any atom is 0.169 e. The van der Waals surface area contributed by atoms with Crippen LogP contribution in [0.3, 0.4) is 0 Å². The first-order valence-corrected chi connectivity index (χ1v) is 10.6. The average molecular weight is 396 g/mol. The van der Waals surface area contributed by atoms with Crippen molar-refractivity contribution in [3.05, 3.63) is 59.0 Å². The predicted octanol–water partition coefficient (Wildman–Crippen LogP) is 4.23. The van der Waals surface area contributed by atoms with Gasteiger partial charge in [0, 0.05) is 10.1 Å². The lowest BCUT2D eigenvalue weighted by Gasteiger charge is -2.16. The van der Waals surface area contributed by atoms with Crippen molar-refractivity contribution in [3.63, 3.8) is 0 Å². The second-order valence-electron chi connectivity index (χ2n) is 6.51. The van der Waals surface area contributed by atoms with Crippen LogP contribution in [0.2, 0.25) is 0 Å². The highest BCUT2D eigenvalue weighted by Crippen LogP contribution is 2.33. The van der Waals surface area contributed by atoms with E-state index in [1.54, 1.807) is 11.3 Å². The highest BCUT2D eigenvalue weighted by molar-refractivity contribution is 8.00. The van der Waals surface area contributed by atoms with E-state index >= 15 is 0 Å². The smallest absolute Gasteiger partial charge is 0.169 e. The Balaban J connectivity index is 1.82. The van der Waals surface area contributed by atoms with E-state index in [4.69, 9.17) is 4.98 Å². The van der Waals surface area contributed by atoms with Gasteiger partial charge in [-0.1, -0.05) is 43.0 Å². The lowest BCUT2D eigenvalue weighted by Crippen LogP contribution is -2.33. The number of imidazole rings is 1. The van der Waals surface area contributed by atoms with E-state index in [0.717, 1.165) is 16.2 Å². The number of aliphatic carboxylic acids is 1. The number of aromatic nitrogens is 2. The number of nitrogens with zero attached hydrogens (tertiary/aromatic N) is 2. The molecule has 0 aliphatic heterocycles. The molecule has 0 N–H and O–H groups in total. The van der Waals surface area contributed by atoms with E-state index in [2.05, 4.69) is 35.1 Å². The van der Waals surface area contributed by atoms with Gasteiger partial charge in [-0.15, -0.1) is 11.3 Å². The number of para-hydroxylation sites is 2. The third-order valence-electron chi connectivity index (χ3n) is 4.71. The number of hydrogen-bond acceptors (Lipinski definition) is 5. The molecule has 4 aromatic rings. The highest BCUT2D eigenvalue weighted by Gasteiger charge is 2.18. The number of thiophene rings is 1. The Morgan fingerprint density at radius 3 is 2.85 bits per heavy atom. The number of carbonyl (C=O) groups is 1. The maximum absolute atomic E-state index is 11.4. The molecule has 1 atom stereocenters. The van der Waals surface area contributed by atoms with Crippen LogP contribution in [-0.4, -0.2) is 20.8 Å². The molecule has 0 spiro atoms. The van der Waals surface area contributed by atoms with Gasteiger partial charge in [0.2, 0.25) is 0 Å². The third kappa shape index (κ3) is 3.35. The van der Waals surface area contributed by atoms with Crippen molar-refractivity contribution < 1.29 is 9.90 Å². The van der Waals surface area contributed by atoms with Crippen LogP contribution >= 0.6 is 23.1 Å². The number of carbonyl (C=O) groups excluding carboxylic acids is 1. The molecule has 138 valence electrons.